The van der Waals surface area contributed by atoms with Crippen molar-refractivity contribution in [3.05, 3.63) is 64.4 Å². The van der Waals surface area contributed by atoms with E-state index < -0.39 is 10.0 Å². The summed E-state index contributed by atoms with van der Waals surface area (Å²) in [6.07, 6.45) is 0. The molecule has 0 atom stereocenters. The monoisotopic (exact) mass is 443 g/mol. The normalized spacial score (nSPS) is 15.3. The molecule has 0 unspecified atom stereocenters. The number of rotatable bonds is 3. The van der Waals surface area contributed by atoms with Gasteiger partial charge in [0.1, 0.15) is 5.58 Å². The largest absolute Gasteiger partial charge is 0.451 e. The Morgan fingerprint density at radius 3 is 2.40 bits per heavy atom. The lowest BCUT2D eigenvalue weighted by Crippen LogP contribution is -2.50. The molecule has 0 saturated carbocycles. The molecule has 1 aromatic heterocycles. The van der Waals surface area contributed by atoms with Crippen LogP contribution in [0.5, 0.6) is 0 Å². The van der Waals surface area contributed by atoms with Crippen molar-refractivity contribution in [2.24, 2.45) is 0 Å². The Kier molecular flexibility index (Phi) is 5.28. The van der Waals surface area contributed by atoms with Crippen LogP contribution in [0.4, 0.5) is 0 Å². The van der Waals surface area contributed by atoms with E-state index in [-0.39, 0.29) is 42.7 Å². The lowest BCUT2D eigenvalue weighted by molar-refractivity contribution is 0.0667. The summed E-state index contributed by atoms with van der Waals surface area (Å²) in [6, 6.07) is 13.0. The van der Waals surface area contributed by atoms with Gasteiger partial charge in [0.25, 0.3) is 5.91 Å². The standard InChI is InChI=1S/C21H18ClN3O4S/c1-14-18-12-16(22)4-7-19(18)29-20(14)21(26)24-8-10-25(11-9-24)30(27,28)17-5-2-15(13-23)3-6-17/h2-7,12H,8-11H2,1H3. The van der Waals surface area contributed by atoms with Gasteiger partial charge in [-0.05, 0) is 49.4 Å². The van der Waals surface area contributed by atoms with Crippen LogP contribution in [-0.4, -0.2) is 49.7 Å². The zero-order valence-electron chi connectivity index (χ0n) is 16.1. The fourth-order valence-electron chi connectivity index (χ4n) is 3.52. The molecule has 0 N–H and O–H groups in total. The predicted molar refractivity (Wildman–Crippen MR) is 112 cm³/mol. The number of sulfonamides is 1. The zero-order chi connectivity index (χ0) is 21.5. The molecule has 9 heteroatoms. The lowest BCUT2D eigenvalue weighted by atomic mass is 10.1. The summed E-state index contributed by atoms with van der Waals surface area (Å²) in [5.74, 6) is -0.0223. The number of fused-ring (bicyclic) bond motifs is 1. The topological polar surface area (TPSA) is 94.6 Å². The van der Waals surface area contributed by atoms with Gasteiger partial charge in [-0.15, -0.1) is 0 Å². The lowest BCUT2D eigenvalue weighted by Gasteiger charge is -2.33. The first kappa shape index (κ1) is 20.4. The van der Waals surface area contributed by atoms with Gasteiger partial charge >= 0.3 is 0 Å². The molecule has 1 saturated heterocycles. The highest BCUT2D eigenvalue weighted by molar-refractivity contribution is 7.89. The Balaban J connectivity index is 1.49. The summed E-state index contributed by atoms with van der Waals surface area (Å²) >= 11 is 6.04. The highest BCUT2D eigenvalue weighted by Crippen LogP contribution is 2.29. The summed E-state index contributed by atoms with van der Waals surface area (Å²) in [7, 11) is -3.69. The smallest absolute Gasteiger partial charge is 0.289 e. The fourth-order valence-corrected chi connectivity index (χ4v) is 5.12. The van der Waals surface area contributed by atoms with E-state index in [2.05, 4.69) is 0 Å². The number of carbonyl (C=O) groups is 1. The fraction of sp³-hybridized carbons (Fsp3) is 0.238. The minimum Gasteiger partial charge on any atom is -0.451 e. The van der Waals surface area contributed by atoms with Crippen molar-refractivity contribution < 1.29 is 17.6 Å². The molecule has 0 spiro atoms. The van der Waals surface area contributed by atoms with Crippen LogP contribution in [0.3, 0.4) is 0 Å². The quantitative estimate of drug-likeness (QED) is 0.618. The molecule has 2 aromatic carbocycles. The van der Waals surface area contributed by atoms with Crippen LogP contribution in [0.1, 0.15) is 21.7 Å². The average Bonchev–Trinajstić information content (AvgIpc) is 3.09. The molecule has 30 heavy (non-hydrogen) atoms. The SMILES string of the molecule is Cc1c(C(=O)N2CCN(S(=O)(=O)c3ccc(C#N)cc3)CC2)oc2ccc(Cl)cc12. The summed E-state index contributed by atoms with van der Waals surface area (Å²) in [4.78, 5) is 14.7. The first-order chi connectivity index (χ1) is 14.3. The van der Waals surface area contributed by atoms with E-state index >= 15 is 0 Å². The minimum absolute atomic E-state index is 0.131. The van der Waals surface area contributed by atoms with E-state index in [0.29, 0.717) is 21.7 Å². The van der Waals surface area contributed by atoms with Gasteiger partial charge in [-0.2, -0.15) is 9.57 Å². The molecule has 154 valence electrons. The third-order valence-corrected chi connectivity index (χ3v) is 7.39. The molecular weight excluding hydrogens is 426 g/mol. The number of hydrogen-bond acceptors (Lipinski definition) is 5. The molecular formula is C21H18ClN3O4S. The number of carbonyl (C=O) groups excluding carboxylic acids is 1. The van der Waals surface area contributed by atoms with Crippen molar-refractivity contribution in [3.63, 3.8) is 0 Å². The van der Waals surface area contributed by atoms with Crippen molar-refractivity contribution in [1.29, 1.82) is 5.26 Å². The van der Waals surface area contributed by atoms with E-state index in [0.717, 1.165) is 5.39 Å². The predicted octanol–water partition coefficient (Wildman–Crippen LogP) is 3.41. The van der Waals surface area contributed by atoms with Crippen LogP contribution in [0.2, 0.25) is 5.02 Å². The van der Waals surface area contributed by atoms with Gasteiger partial charge in [-0.1, -0.05) is 11.6 Å². The van der Waals surface area contributed by atoms with Gasteiger partial charge in [0.2, 0.25) is 10.0 Å². The molecule has 0 aliphatic carbocycles. The third kappa shape index (κ3) is 3.56. The first-order valence-corrected chi connectivity index (χ1v) is 11.1. The minimum atomic E-state index is -3.69. The molecule has 2 heterocycles. The van der Waals surface area contributed by atoms with Crippen LogP contribution < -0.4 is 0 Å². The number of nitrogens with zero attached hydrogens (tertiary/aromatic N) is 3. The molecule has 7 nitrogen and oxygen atoms in total. The van der Waals surface area contributed by atoms with Gasteiger partial charge in [0, 0.05) is 42.2 Å². The summed E-state index contributed by atoms with van der Waals surface area (Å²) < 4.78 is 32.8. The maximum atomic E-state index is 13.0. The number of nitriles is 1. The van der Waals surface area contributed by atoms with Gasteiger partial charge in [0.05, 0.1) is 16.5 Å². The van der Waals surface area contributed by atoms with E-state index in [1.54, 1.807) is 30.0 Å². The number of benzene rings is 2. The van der Waals surface area contributed by atoms with Crippen LogP contribution in [0.15, 0.2) is 51.8 Å². The number of hydrogen-bond donors (Lipinski definition) is 0. The maximum Gasteiger partial charge on any atom is 0.289 e. The van der Waals surface area contributed by atoms with E-state index in [1.165, 1.54) is 28.6 Å². The first-order valence-electron chi connectivity index (χ1n) is 9.29. The van der Waals surface area contributed by atoms with Gasteiger partial charge in [-0.25, -0.2) is 8.42 Å². The van der Waals surface area contributed by atoms with Crippen molar-refractivity contribution in [3.8, 4) is 6.07 Å². The van der Waals surface area contributed by atoms with Crippen molar-refractivity contribution in [2.45, 2.75) is 11.8 Å². The highest BCUT2D eigenvalue weighted by Gasteiger charge is 2.32. The Hall–Kier alpha value is -2.86. The van der Waals surface area contributed by atoms with Crippen LogP contribution in [-0.2, 0) is 10.0 Å². The number of aryl methyl sites for hydroxylation is 1. The molecule has 4 rings (SSSR count). The average molecular weight is 444 g/mol. The van der Waals surface area contributed by atoms with Crippen molar-refractivity contribution >= 4 is 38.5 Å². The molecule has 0 bridgehead atoms. The summed E-state index contributed by atoms with van der Waals surface area (Å²) in [5, 5.41) is 10.2. The van der Waals surface area contributed by atoms with E-state index in [1.807, 2.05) is 6.07 Å². The number of furan rings is 1. The number of piperazine rings is 1. The van der Waals surface area contributed by atoms with Gasteiger partial charge < -0.3 is 9.32 Å². The molecule has 0 radical (unpaired) electrons. The van der Waals surface area contributed by atoms with Crippen LogP contribution >= 0.6 is 11.6 Å². The van der Waals surface area contributed by atoms with Gasteiger partial charge in [0.15, 0.2) is 5.76 Å². The van der Waals surface area contributed by atoms with Gasteiger partial charge in [-0.3, -0.25) is 4.79 Å². The Morgan fingerprint density at radius 2 is 1.77 bits per heavy atom. The number of halogens is 1. The number of amides is 1. The second kappa shape index (κ2) is 7.76. The molecule has 1 aliphatic heterocycles. The Morgan fingerprint density at radius 1 is 1.10 bits per heavy atom. The summed E-state index contributed by atoms with van der Waals surface area (Å²) in [5.41, 5.74) is 1.69. The van der Waals surface area contributed by atoms with E-state index in [9.17, 15) is 13.2 Å². The molecule has 1 aliphatic rings. The Labute approximate surface area is 179 Å². The van der Waals surface area contributed by atoms with Crippen LogP contribution in [0.25, 0.3) is 11.0 Å². The van der Waals surface area contributed by atoms with E-state index in [4.69, 9.17) is 21.3 Å². The second-order valence-corrected chi connectivity index (χ2v) is 9.40. The van der Waals surface area contributed by atoms with Crippen LogP contribution in [0, 0.1) is 18.3 Å². The maximum absolute atomic E-state index is 13.0. The highest BCUT2D eigenvalue weighted by atomic mass is 35.5. The van der Waals surface area contributed by atoms with Crippen molar-refractivity contribution in [2.75, 3.05) is 26.2 Å². The molecule has 1 fully saturated rings. The molecule has 1 amide bonds. The molecule has 3 aromatic rings. The third-order valence-electron chi connectivity index (χ3n) is 5.24. The Bertz CT molecular complexity index is 1270. The van der Waals surface area contributed by atoms with Crippen molar-refractivity contribution in [1.82, 2.24) is 9.21 Å². The second-order valence-electron chi connectivity index (χ2n) is 7.03. The zero-order valence-corrected chi connectivity index (χ0v) is 17.7. The summed E-state index contributed by atoms with van der Waals surface area (Å²) in [6.45, 7) is 2.68.